The second-order valence-corrected chi connectivity index (χ2v) is 5.46. The number of aromatic nitrogens is 1. The summed E-state index contributed by atoms with van der Waals surface area (Å²) in [5.41, 5.74) is 6.33. The van der Waals surface area contributed by atoms with Crippen LogP contribution in [-0.4, -0.2) is 46.1 Å². The lowest BCUT2D eigenvalue weighted by Crippen LogP contribution is -2.48. The van der Waals surface area contributed by atoms with Crippen LogP contribution in [0.25, 0.3) is 0 Å². The van der Waals surface area contributed by atoms with Crippen LogP contribution >= 0.6 is 11.8 Å². The van der Waals surface area contributed by atoms with Gasteiger partial charge in [-0.1, -0.05) is 0 Å². The van der Waals surface area contributed by atoms with Crippen LogP contribution in [-0.2, 0) is 4.79 Å². The van der Waals surface area contributed by atoms with E-state index in [1.807, 2.05) is 0 Å². The van der Waals surface area contributed by atoms with Crippen molar-refractivity contribution >= 4 is 29.5 Å². The van der Waals surface area contributed by atoms with Gasteiger partial charge in [-0.25, -0.2) is 9.78 Å². The molecule has 19 heavy (non-hydrogen) atoms. The number of aryl methyl sites for hydroxylation is 1. The van der Waals surface area contributed by atoms with Crippen LogP contribution in [0.5, 0.6) is 0 Å². The molecule has 1 amide bonds. The monoisotopic (exact) mass is 281 g/mol. The first-order valence-corrected chi connectivity index (χ1v) is 7.01. The Morgan fingerprint density at radius 1 is 1.53 bits per heavy atom. The maximum atomic E-state index is 11.5. The SMILES string of the molecule is Cc1ccc(C(N)=O)c(N2CCSCC2C(=O)O)n1. The van der Waals surface area contributed by atoms with Crippen LogP contribution in [0.1, 0.15) is 16.1 Å². The van der Waals surface area contributed by atoms with E-state index in [1.54, 1.807) is 35.7 Å². The van der Waals surface area contributed by atoms with Crippen LogP contribution in [0.3, 0.4) is 0 Å². The number of nitrogens with zero attached hydrogens (tertiary/aromatic N) is 2. The van der Waals surface area contributed by atoms with Crippen molar-refractivity contribution in [3.05, 3.63) is 23.4 Å². The lowest BCUT2D eigenvalue weighted by atomic mass is 10.1. The average Bonchev–Trinajstić information content (AvgIpc) is 2.38. The highest BCUT2D eigenvalue weighted by molar-refractivity contribution is 7.99. The van der Waals surface area contributed by atoms with Gasteiger partial charge < -0.3 is 15.7 Å². The highest BCUT2D eigenvalue weighted by Crippen LogP contribution is 2.26. The number of thioether (sulfide) groups is 1. The van der Waals surface area contributed by atoms with E-state index in [0.29, 0.717) is 18.1 Å². The summed E-state index contributed by atoms with van der Waals surface area (Å²) in [5, 5.41) is 9.27. The predicted octanol–water partition coefficient (Wildman–Crippen LogP) is 0.495. The minimum atomic E-state index is -0.911. The number of carbonyl (C=O) groups is 2. The molecular formula is C12H15N3O3S. The Morgan fingerprint density at radius 2 is 2.26 bits per heavy atom. The zero-order valence-corrected chi connectivity index (χ0v) is 11.3. The number of rotatable bonds is 3. The lowest BCUT2D eigenvalue weighted by molar-refractivity contribution is -0.138. The highest BCUT2D eigenvalue weighted by atomic mass is 32.2. The van der Waals surface area contributed by atoms with Gasteiger partial charge in [0.25, 0.3) is 5.91 Å². The number of hydrogen-bond acceptors (Lipinski definition) is 5. The Kier molecular flexibility index (Phi) is 3.94. The summed E-state index contributed by atoms with van der Waals surface area (Å²) in [6.07, 6.45) is 0. The number of hydrogen-bond donors (Lipinski definition) is 2. The van der Waals surface area contributed by atoms with Crippen LogP contribution in [0, 0.1) is 6.92 Å². The number of aliphatic carboxylic acids is 1. The smallest absolute Gasteiger partial charge is 0.327 e. The molecule has 1 aliphatic rings. The molecule has 0 bridgehead atoms. The van der Waals surface area contributed by atoms with Crippen molar-refractivity contribution in [1.82, 2.24) is 4.98 Å². The van der Waals surface area contributed by atoms with E-state index in [0.717, 1.165) is 11.4 Å². The second-order valence-electron chi connectivity index (χ2n) is 4.31. The molecule has 0 saturated carbocycles. The molecule has 1 fully saturated rings. The third kappa shape index (κ3) is 2.81. The normalized spacial score (nSPS) is 19.2. The van der Waals surface area contributed by atoms with Gasteiger partial charge in [-0.2, -0.15) is 11.8 Å². The minimum absolute atomic E-state index is 0.267. The Bertz CT molecular complexity index is 521. The Labute approximate surface area is 115 Å². The highest BCUT2D eigenvalue weighted by Gasteiger charge is 2.32. The molecule has 0 radical (unpaired) electrons. The van der Waals surface area contributed by atoms with E-state index >= 15 is 0 Å². The first kappa shape index (κ1) is 13.7. The third-order valence-corrected chi connectivity index (χ3v) is 3.99. The number of anilines is 1. The van der Waals surface area contributed by atoms with Crippen LogP contribution in [0.2, 0.25) is 0 Å². The van der Waals surface area contributed by atoms with Gasteiger partial charge in [-0.05, 0) is 19.1 Å². The molecule has 1 unspecified atom stereocenters. The van der Waals surface area contributed by atoms with E-state index in [9.17, 15) is 14.7 Å². The van der Waals surface area contributed by atoms with Gasteiger partial charge in [0.15, 0.2) is 0 Å². The van der Waals surface area contributed by atoms with E-state index < -0.39 is 17.9 Å². The Morgan fingerprint density at radius 3 is 2.89 bits per heavy atom. The van der Waals surface area contributed by atoms with E-state index in [1.165, 1.54) is 0 Å². The summed E-state index contributed by atoms with van der Waals surface area (Å²) in [6.45, 7) is 2.33. The molecule has 3 N–H and O–H groups in total. The van der Waals surface area contributed by atoms with E-state index in [4.69, 9.17) is 5.73 Å². The number of carboxylic acids is 1. The van der Waals surface area contributed by atoms with Gasteiger partial charge in [0.05, 0.1) is 5.56 Å². The fraction of sp³-hybridized carbons (Fsp3) is 0.417. The molecule has 1 atom stereocenters. The lowest BCUT2D eigenvalue weighted by Gasteiger charge is -2.34. The summed E-state index contributed by atoms with van der Waals surface area (Å²) in [5.74, 6) is 0.150. The van der Waals surface area contributed by atoms with Crippen molar-refractivity contribution in [3.8, 4) is 0 Å². The molecule has 2 rings (SSSR count). The Hall–Kier alpha value is -1.76. The molecule has 7 heteroatoms. The molecule has 1 saturated heterocycles. The number of primary amides is 1. The van der Waals surface area contributed by atoms with Gasteiger partial charge in [0, 0.05) is 23.7 Å². The summed E-state index contributed by atoms with van der Waals surface area (Å²) >= 11 is 1.58. The zero-order valence-electron chi connectivity index (χ0n) is 10.5. The molecule has 102 valence electrons. The van der Waals surface area contributed by atoms with Crippen LogP contribution in [0.15, 0.2) is 12.1 Å². The first-order valence-electron chi connectivity index (χ1n) is 5.85. The van der Waals surface area contributed by atoms with Crippen molar-refractivity contribution in [1.29, 1.82) is 0 Å². The molecule has 0 spiro atoms. The van der Waals surface area contributed by atoms with E-state index in [-0.39, 0.29) is 5.56 Å². The molecule has 0 aromatic carbocycles. The molecular weight excluding hydrogens is 266 g/mol. The number of carbonyl (C=O) groups excluding carboxylic acids is 1. The maximum Gasteiger partial charge on any atom is 0.327 e. The van der Waals surface area contributed by atoms with Crippen molar-refractivity contribution in [2.24, 2.45) is 5.73 Å². The van der Waals surface area contributed by atoms with Gasteiger partial charge >= 0.3 is 5.97 Å². The second kappa shape index (κ2) is 5.48. The summed E-state index contributed by atoms with van der Waals surface area (Å²) in [4.78, 5) is 28.7. The molecule has 6 nitrogen and oxygen atoms in total. The van der Waals surface area contributed by atoms with Crippen molar-refractivity contribution in [2.75, 3.05) is 23.0 Å². The molecule has 1 aliphatic heterocycles. The number of carboxylic acid groups (broad SMARTS) is 1. The van der Waals surface area contributed by atoms with Crippen LogP contribution in [0.4, 0.5) is 5.82 Å². The zero-order chi connectivity index (χ0) is 14.0. The fourth-order valence-electron chi connectivity index (χ4n) is 2.02. The van der Waals surface area contributed by atoms with Crippen LogP contribution < -0.4 is 10.6 Å². The predicted molar refractivity (Wildman–Crippen MR) is 73.6 cm³/mol. The molecule has 1 aromatic rings. The van der Waals surface area contributed by atoms with Gasteiger partial charge in [0.2, 0.25) is 0 Å². The van der Waals surface area contributed by atoms with Gasteiger partial charge in [-0.3, -0.25) is 4.79 Å². The number of amides is 1. The first-order chi connectivity index (χ1) is 9.00. The largest absolute Gasteiger partial charge is 0.480 e. The standard InChI is InChI=1S/C12H15N3O3S/c1-7-2-3-8(10(13)16)11(14-7)15-4-5-19-6-9(15)12(17)18/h2-3,9H,4-6H2,1H3,(H2,13,16)(H,17,18). The summed E-state index contributed by atoms with van der Waals surface area (Å²) < 4.78 is 0. The molecule has 0 aliphatic carbocycles. The minimum Gasteiger partial charge on any atom is -0.480 e. The maximum absolute atomic E-state index is 11.5. The van der Waals surface area contributed by atoms with Crippen molar-refractivity contribution in [3.63, 3.8) is 0 Å². The number of pyridine rings is 1. The molecule has 2 heterocycles. The summed E-state index contributed by atoms with van der Waals surface area (Å²) in [6, 6.07) is 2.62. The quantitative estimate of drug-likeness (QED) is 0.837. The Balaban J connectivity index is 2.46. The van der Waals surface area contributed by atoms with Gasteiger partial charge in [-0.15, -0.1) is 0 Å². The topological polar surface area (TPSA) is 96.5 Å². The third-order valence-electron chi connectivity index (χ3n) is 2.97. The molecule has 1 aromatic heterocycles. The summed E-state index contributed by atoms with van der Waals surface area (Å²) in [7, 11) is 0. The van der Waals surface area contributed by atoms with Crippen molar-refractivity contribution < 1.29 is 14.7 Å². The average molecular weight is 281 g/mol. The fourth-order valence-corrected chi connectivity index (χ4v) is 3.05. The van der Waals surface area contributed by atoms with Gasteiger partial charge in [0.1, 0.15) is 11.9 Å². The van der Waals surface area contributed by atoms with Crippen molar-refractivity contribution in [2.45, 2.75) is 13.0 Å². The van der Waals surface area contributed by atoms with E-state index in [2.05, 4.69) is 4.98 Å². The number of nitrogens with two attached hydrogens (primary N) is 1.